The number of hydrazine groups is 1. The van der Waals surface area contributed by atoms with Gasteiger partial charge in [0.25, 0.3) is 5.91 Å². The van der Waals surface area contributed by atoms with Crippen molar-refractivity contribution >= 4 is 17.3 Å². The van der Waals surface area contributed by atoms with Gasteiger partial charge in [-0.1, -0.05) is 30.3 Å². The third-order valence-electron chi connectivity index (χ3n) is 3.09. The van der Waals surface area contributed by atoms with Gasteiger partial charge in [-0.15, -0.1) is 0 Å². The first-order chi connectivity index (χ1) is 9.15. The van der Waals surface area contributed by atoms with Crippen molar-refractivity contribution in [2.75, 3.05) is 17.4 Å². The highest BCUT2D eigenvalue weighted by Gasteiger charge is 2.17. The Bertz CT molecular complexity index is 595. The second kappa shape index (κ2) is 5.54. The van der Waals surface area contributed by atoms with Crippen LogP contribution < -0.4 is 16.2 Å². The van der Waals surface area contributed by atoms with Crippen molar-refractivity contribution in [3.8, 4) is 0 Å². The van der Waals surface area contributed by atoms with E-state index in [1.54, 1.807) is 24.1 Å². The van der Waals surface area contributed by atoms with Crippen LogP contribution in [0.3, 0.4) is 0 Å². The molecule has 0 bridgehead atoms. The molecular formula is C15H17N3O. The van der Waals surface area contributed by atoms with Crippen LogP contribution in [0.15, 0.2) is 48.5 Å². The number of nitrogens with two attached hydrogens (primary N) is 1. The number of hydrogen-bond donors (Lipinski definition) is 2. The van der Waals surface area contributed by atoms with E-state index in [0.29, 0.717) is 11.3 Å². The van der Waals surface area contributed by atoms with E-state index in [-0.39, 0.29) is 5.91 Å². The van der Waals surface area contributed by atoms with Crippen LogP contribution in [0.2, 0.25) is 0 Å². The van der Waals surface area contributed by atoms with Crippen LogP contribution in [0.1, 0.15) is 15.9 Å². The Balaban J connectivity index is 2.37. The summed E-state index contributed by atoms with van der Waals surface area (Å²) >= 11 is 0. The minimum atomic E-state index is -0.0946. The summed E-state index contributed by atoms with van der Waals surface area (Å²) in [6, 6.07) is 15.0. The SMILES string of the molecule is Cc1ccccc1N(C)C(=O)c1ccccc1NN. The lowest BCUT2D eigenvalue weighted by atomic mass is 10.1. The molecule has 0 radical (unpaired) electrons. The minimum Gasteiger partial charge on any atom is -0.323 e. The molecule has 98 valence electrons. The Labute approximate surface area is 112 Å². The molecule has 2 aromatic carbocycles. The number of carbonyl (C=O) groups excluding carboxylic acids is 1. The normalized spacial score (nSPS) is 10.1. The van der Waals surface area contributed by atoms with Crippen LogP contribution in [0.5, 0.6) is 0 Å². The monoisotopic (exact) mass is 255 g/mol. The second-order valence-corrected chi connectivity index (χ2v) is 4.34. The predicted molar refractivity (Wildman–Crippen MR) is 78.2 cm³/mol. The average molecular weight is 255 g/mol. The highest BCUT2D eigenvalue weighted by molar-refractivity contribution is 6.09. The van der Waals surface area contributed by atoms with Crippen LogP contribution in [0, 0.1) is 6.92 Å². The zero-order chi connectivity index (χ0) is 13.8. The number of para-hydroxylation sites is 2. The molecule has 4 nitrogen and oxygen atoms in total. The van der Waals surface area contributed by atoms with E-state index < -0.39 is 0 Å². The Hall–Kier alpha value is -2.33. The number of nitrogens with zero attached hydrogens (tertiary/aromatic N) is 1. The Morgan fingerprint density at radius 1 is 1.11 bits per heavy atom. The third kappa shape index (κ3) is 2.58. The van der Waals surface area contributed by atoms with Crippen molar-refractivity contribution in [2.45, 2.75) is 6.92 Å². The highest BCUT2D eigenvalue weighted by Crippen LogP contribution is 2.22. The molecule has 0 spiro atoms. The number of benzene rings is 2. The predicted octanol–water partition coefficient (Wildman–Crippen LogP) is 2.56. The first kappa shape index (κ1) is 13.1. The summed E-state index contributed by atoms with van der Waals surface area (Å²) in [6.45, 7) is 1.98. The van der Waals surface area contributed by atoms with Gasteiger partial charge in [-0.25, -0.2) is 0 Å². The van der Waals surface area contributed by atoms with E-state index in [1.807, 2.05) is 43.3 Å². The molecule has 3 N–H and O–H groups in total. The summed E-state index contributed by atoms with van der Waals surface area (Å²) in [5.41, 5.74) is 5.66. The lowest BCUT2D eigenvalue weighted by molar-refractivity contribution is 0.0993. The summed E-state index contributed by atoms with van der Waals surface area (Å²) in [4.78, 5) is 14.1. The van der Waals surface area contributed by atoms with Gasteiger partial charge in [-0.2, -0.15) is 0 Å². The van der Waals surface area contributed by atoms with Crippen molar-refractivity contribution in [1.29, 1.82) is 0 Å². The molecule has 0 aliphatic carbocycles. The fourth-order valence-corrected chi connectivity index (χ4v) is 2.03. The number of anilines is 2. The first-order valence-electron chi connectivity index (χ1n) is 6.04. The maximum atomic E-state index is 12.5. The van der Waals surface area contributed by atoms with Crippen molar-refractivity contribution in [3.63, 3.8) is 0 Å². The third-order valence-corrected chi connectivity index (χ3v) is 3.09. The summed E-state index contributed by atoms with van der Waals surface area (Å²) in [7, 11) is 1.76. The van der Waals surface area contributed by atoms with Crippen molar-refractivity contribution in [3.05, 3.63) is 59.7 Å². The van der Waals surface area contributed by atoms with Crippen LogP contribution in [0.4, 0.5) is 11.4 Å². The summed E-state index contributed by atoms with van der Waals surface area (Å²) < 4.78 is 0. The molecular weight excluding hydrogens is 238 g/mol. The summed E-state index contributed by atoms with van der Waals surface area (Å²) in [6.07, 6.45) is 0. The Kier molecular flexibility index (Phi) is 3.82. The van der Waals surface area contributed by atoms with Crippen molar-refractivity contribution in [1.82, 2.24) is 0 Å². The molecule has 0 unspecified atom stereocenters. The number of aryl methyl sites for hydroxylation is 1. The van der Waals surface area contributed by atoms with E-state index in [4.69, 9.17) is 5.84 Å². The van der Waals surface area contributed by atoms with Gasteiger partial charge < -0.3 is 10.3 Å². The maximum absolute atomic E-state index is 12.5. The fourth-order valence-electron chi connectivity index (χ4n) is 2.03. The molecule has 0 aliphatic rings. The largest absolute Gasteiger partial charge is 0.323 e. The topological polar surface area (TPSA) is 58.4 Å². The molecule has 0 atom stereocenters. The number of carbonyl (C=O) groups is 1. The molecule has 19 heavy (non-hydrogen) atoms. The molecule has 0 fully saturated rings. The van der Waals surface area contributed by atoms with Gasteiger partial charge in [0.1, 0.15) is 0 Å². The van der Waals surface area contributed by atoms with E-state index in [2.05, 4.69) is 5.43 Å². The van der Waals surface area contributed by atoms with Crippen LogP contribution in [-0.2, 0) is 0 Å². The van der Waals surface area contributed by atoms with Crippen LogP contribution >= 0.6 is 0 Å². The van der Waals surface area contributed by atoms with Gasteiger partial charge in [0.2, 0.25) is 0 Å². The van der Waals surface area contributed by atoms with Gasteiger partial charge >= 0.3 is 0 Å². The zero-order valence-electron chi connectivity index (χ0n) is 11.1. The maximum Gasteiger partial charge on any atom is 0.260 e. The number of nitrogen functional groups attached to an aromatic ring is 1. The molecule has 0 saturated heterocycles. The molecule has 0 saturated carbocycles. The second-order valence-electron chi connectivity index (χ2n) is 4.34. The first-order valence-corrected chi connectivity index (χ1v) is 6.04. The van der Waals surface area contributed by atoms with Crippen molar-refractivity contribution < 1.29 is 4.79 Å². The molecule has 2 aromatic rings. The van der Waals surface area contributed by atoms with Crippen LogP contribution in [-0.4, -0.2) is 13.0 Å². The Morgan fingerprint density at radius 2 is 1.74 bits per heavy atom. The van der Waals surface area contributed by atoms with E-state index in [9.17, 15) is 4.79 Å². The van der Waals surface area contributed by atoms with Gasteiger partial charge in [0.05, 0.1) is 11.3 Å². The van der Waals surface area contributed by atoms with E-state index in [0.717, 1.165) is 11.3 Å². The fraction of sp³-hybridized carbons (Fsp3) is 0.133. The van der Waals surface area contributed by atoms with Gasteiger partial charge in [-0.05, 0) is 30.7 Å². The summed E-state index contributed by atoms with van der Waals surface area (Å²) in [5.74, 6) is 5.34. The smallest absolute Gasteiger partial charge is 0.260 e. The zero-order valence-corrected chi connectivity index (χ0v) is 11.1. The number of nitrogens with one attached hydrogen (secondary N) is 1. The molecule has 0 heterocycles. The van der Waals surface area contributed by atoms with Gasteiger partial charge in [0.15, 0.2) is 0 Å². The van der Waals surface area contributed by atoms with Gasteiger partial charge in [-0.3, -0.25) is 10.6 Å². The number of amides is 1. The molecule has 0 aliphatic heterocycles. The molecule has 4 heteroatoms. The lowest BCUT2D eigenvalue weighted by Gasteiger charge is -2.20. The number of rotatable bonds is 3. The average Bonchev–Trinajstić information content (AvgIpc) is 2.46. The molecule has 1 amide bonds. The van der Waals surface area contributed by atoms with Crippen LogP contribution in [0.25, 0.3) is 0 Å². The quantitative estimate of drug-likeness (QED) is 0.654. The highest BCUT2D eigenvalue weighted by atomic mass is 16.2. The van der Waals surface area contributed by atoms with E-state index in [1.165, 1.54) is 0 Å². The number of hydrogen-bond acceptors (Lipinski definition) is 3. The van der Waals surface area contributed by atoms with E-state index >= 15 is 0 Å². The lowest BCUT2D eigenvalue weighted by Crippen LogP contribution is -2.28. The molecule has 2 rings (SSSR count). The standard InChI is InChI=1S/C15H17N3O/c1-11-7-3-6-10-14(11)18(2)15(19)12-8-4-5-9-13(12)17-16/h3-10,17H,16H2,1-2H3. The summed E-state index contributed by atoms with van der Waals surface area (Å²) in [5, 5.41) is 0. The van der Waals surface area contributed by atoms with Crippen molar-refractivity contribution in [2.24, 2.45) is 5.84 Å². The Morgan fingerprint density at radius 3 is 2.42 bits per heavy atom. The minimum absolute atomic E-state index is 0.0946. The van der Waals surface area contributed by atoms with Gasteiger partial charge in [0, 0.05) is 12.7 Å². The molecule has 0 aromatic heterocycles.